The van der Waals surface area contributed by atoms with Gasteiger partial charge < -0.3 is 5.32 Å². The second kappa shape index (κ2) is 7.14. The first-order valence-corrected chi connectivity index (χ1v) is 8.42. The number of halogens is 1. The van der Waals surface area contributed by atoms with Gasteiger partial charge in [-0.2, -0.15) is 0 Å². The van der Waals surface area contributed by atoms with E-state index in [1.54, 1.807) is 12.1 Å². The number of carbonyl (C=O) groups is 1. The monoisotopic (exact) mass is 326 g/mol. The fourth-order valence-electron chi connectivity index (χ4n) is 2.90. The number of hydrogen-bond donors (Lipinski definition) is 2. The number of rotatable bonds is 6. The molecule has 0 spiro atoms. The smallest absolute Gasteiger partial charge is 0.241 e. The summed E-state index contributed by atoms with van der Waals surface area (Å²) in [4.78, 5) is 12.7. The number of carbonyl (C=O) groups excluding carboxylic acids is 1. The third-order valence-electron chi connectivity index (χ3n) is 4.46. The van der Waals surface area contributed by atoms with E-state index in [0.29, 0.717) is 0 Å². The average Bonchev–Trinajstić information content (AvgIpc) is 3.37. The normalized spacial score (nSPS) is 16.5. The molecular formula is C20H23FN2O. The highest BCUT2D eigenvalue weighted by molar-refractivity contribution is 5.83. The summed E-state index contributed by atoms with van der Waals surface area (Å²) in [5.74, 6) is -0.350. The molecule has 1 aliphatic rings. The largest absolute Gasteiger partial charge is 0.352 e. The van der Waals surface area contributed by atoms with Crippen LogP contribution in [0.25, 0.3) is 0 Å². The Morgan fingerprint density at radius 1 is 1.12 bits per heavy atom. The highest BCUT2D eigenvalue weighted by Crippen LogP contribution is 2.25. The van der Waals surface area contributed by atoms with Crippen LogP contribution in [0, 0.1) is 12.7 Å². The number of aryl methyl sites for hydroxylation is 1. The first-order chi connectivity index (χ1) is 11.5. The third kappa shape index (κ3) is 4.01. The lowest BCUT2D eigenvalue weighted by Crippen LogP contribution is -2.39. The van der Waals surface area contributed by atoms with E-state index < -0.39 is 6.04 Å². The summed E-state index contributed by atoms with van der Waals surface area (Å²) in [5, 5.41) is 6.45. The molecular weight excluding hydrogens is 303 g/mol. The van der Waals surface area contributed by atoms with Crippen LogP contribution in [0.5, 0.6) is 0 Å². The average molecular weight is 326 g/mol. The van der Waals surface area contributed by atoms with Gasteiger partial charge in [-0.05, 0) is 55.5 Å². The molecule has 24 heavy (non-hydrogen) atoms. The predicted molar refractivity (Wildman–Crippen MR) is 93.0 cm³/mol. The summed E-state index contributed by atoms with van der Waals surface area (Å²) < 4.78 is 13.2. The minimum atomic E-state index is -0.499. The van der Waals surface area contributed by atoms with Crippen molar-refractivity contribution in [1.29, 1.82) is 0 Å². The van der Waals surface area contributed by atoms with Crippen molar-refractivity contribution in [2.45, 2.75) is 44.8 Å². The molecule has 1 saturated carbocycles. The number of nitrogens with one attached hydrogen (secondary N) is 2. The lowest BCUT2D eigenvalue weighted by molar-refractivity contribution is -0.123. The maximum atomic E-state index is 13.2. The Balaban J connectivity index is 1.82. The molecule has 0 radical (unpaired) electrons. The second-order valence-electron chi connectivity index (χ2n) is 6.51. The molecule has 2 atom stereocenters. The Hall–Kier alpha value is -2.20. The summed E-state index contributed by atoms with van der Waals surface area (Å²) in [6, 6.07) is 14.1. The molecule has 0 aromatic heterocycles. The van der Waals surface area contributed by atoms with Crippen LogP contribution in [0.1, 0.15) is 48.5 Å². The van der Waals surface area contributed by atoms with Gasteiger partial charge in [0.1, 0.15) is 11.9 Å². The van der Waals surface area contributed by atoms with Crippen LogP contribution in [-0.4, -0.2) is 11.9 Å². The molecule has 0 aliphatic heterocycles. The molecule has 126 valence electrons. The molecule has 2 N–H and O–H groups in total. The zero-order valence-corrected chi connectivity index (χ0v) is 14.1. The van der Waals surface area contributed by atoms with Crippen LogP contribution < -0.4 is 10.6 Å². The summed E-state index contributed by atoms with van der Waals surface area (Å²) in [6.45, 7) is 4.11. The van der Waals surface area contributed by atoms with Gasteiger partial charge in [-0.25, -0.2) is 4.39 Å². The zero-order chi connectivity index (χ0) is 17.1. The Morgan fingerprint density at radius 2 is 1.79 bits per heavy atom. The third-order valence-corrected chi connectivity index (χ3v) is 4.46. The van der Waals surface area contributed by atoms with Gasteiger partial charge in [0.2, 0.25) is 5.91 Å². The van der Waals surface area contributed by atoms with E-state index in [2.05, 4.69) is 29.7 Å². The van der Waals surface area contributed by atoms with E-state index >= 15 is 0 Å². The molecule has 0 heterocycles. The summed E-state index contributed by atoms with van der Waals surface area (Å²) >= 11 is 0. The van der Waals surface area contributed by atoms with Crippen LogP contribution in [0.15, 0.2) is 48.5 Å². The summed E-state index contributed by atoms with van der Waals surface area (Å²) in [7, 11) is 0. The molecule has 1 aliphatic carbocycles. The standard InChI is InChI=1S/C20H23FN2O/c1-13-5-3-4-6-18(13)14(2)22-19(20(24)23-17-11-12-17)15-7-9-16(21)10-8-15/h3-10,14,17,19,22H,11-12H2,1-2H3,(H,23,24). The van der Waals surface area contributed by atoms with Gasteiger partial charge in [0.15, 0.2) is 0 Å². The fraction of sp³-hybridized carbons (Fsp3) is 0.350. The molecule has 2 aromatic carbocycles. The van der Waals surface area contributed by atoms with Crippen molar-refractivity contribution in [3.8, 4) is 0 Å². The molecule has 3 rings (SSSR count). The van der Waals surface area contributed by atoms with Crippen LogP contribution >= 0.6 is 0 Å². The van der Waals surface area contributed by atoms with Crippen molar-refractivity contribution in [1.82, 2.24) is 10.6 Å². The van der Waals surface area contributed by atoms with Gasteiger partial charge in [0, 0.05) is 12.1 Å². The van der Waals surface area contributed by atoms with Crippen LogP contribution in [-0.2, 0) is 4.79 Å². The van der Waals surface area contributed by atoms with E-state index in [9.17, 15) is 9.18 Å². The Kier molecular flexibility index (Phi) is 4.95. The van der Waals surface area contributed by atoms with E-state index in [1.165, 1.54) is 17.7 Å². The van der Waals surface area contributed by atoms with Crippen molar-refractivity contribution in [2.24, 2.45) is 0 Å². The Bertz CT molecular complexity index is 710. The highest BCUT2D eigenvalue weighted by atomic mass is 19.1. The van der Waals surface area contributed by atoms with E-state index in [0.717, 1.165) is 24.0 Å². The first-order valence-electron chi connectivity index (χ1n) is 8.42. The number of hydrogen-bond acceptors (Lipinski definition) is 2. The number of amides is 1. The van der Waals surface area contributed by atoms with Gasteiger partial charge in [0.05, 0.1) is 0 Å². The van der Waals surface area contributed by atoms with Crippen LogP contribution in [0.2, 0.25) is 0 Å². The molecule has 1 amide bonds. The highest BCUT2D eigenvalue weighted by Gasteiger charge is 2.29. The van der Waals surface area contributed by atoms with Crippen molar-refractivity contribution in [2.75, 3.05) is 0 Å². The molecule has 1 fully saturated rings. The van der Waals surface area contributed by atoms with Gasteiger partial charge in [-0.1, -0.05) is 36.4 Å². The van der Waals surface area contributed by atoms with Crippen molar-refractivity contribution in [3.63, 3.8) is 0 Å². The van der Waals surface area contributed by atoms with Gasteiger partial charge in [-0.3, -0.25) is 10.1 Å². The second-order valence-corrected chi connectivity index (χ2v) is 6.51. The van der Waals surface area contributed by atoms with Crippen molar-refractivity contribution < 1.29 is 9.18 Å². The summed E-state index contributed by atoms with van der Waals surface area (Å²) in [6.07, 6.45) is 2.07. The van der Waals surface area contributed by atoms with Crippen LogP contribution in [0.3, 0.4) is 0 Å². The lowest BCUT2D eigenvalue weighted by Gasteiger charge is -2.24. The Labute approximate surface area is 142 Å². The molecule has 2 aromatic rings. The molecule has 2 unspecified atom stereocenters. The Morgan fingerprint density at radius 3 is 2.42 bits per heavy atom. The zero-order valence-electron chi connectivity index (χ0n) is 14.1. The lowest BCUT2D eigenvalue weighted by atomic mass is 9.99. The van der Waals surface area contributed by atoms with Gasteiger partial charge in [-0.15, -0.1) is 0 Å². The maximum Gasteiger partial charge on any atom is 0.241 e. The van der Waals surface area contributed by atoms with Gasteiger partial charge in [0.25, 0.3) is 0 Å². The van der Waals surface area contributed by atoms with E-state index in [1.807, 2.05) is 19.1 Å². The van der Waals surface area contributed by atoms with Crippen molar-refractivity contribution in [3.05, 3.63) is 71.0 Å². The summed E-state index contributed by atoms with van der Waals surface area (Å²) in [5.41, 5.74) is 3.11. The fourth-order valence-corrected chi connectivity index (χ4v) is 2.90. The quantitative estimate of drug-likeness (QED) is 0.847. The molecule has 3 nitrogen and oxygen atoms in total. The van der Waals surface area contributed by atoms with Crippen molar-refractivity contribution >= 4 is 5.91 Å². The maximum absolute atomic E-state index is 13.2. The van der Waals surface area contributed by atoms with E-state index in [4.69, 9.17) is 0 Å². The minimum absolute atomic E-state index is 0.00575. The van der Waals surface area contributed by atoms with E-state index in [-0.39, 0.29) is 23.8 Å². The number of benzene rings is 2. The minimum Gasteiger partial charge on any atom is -0.352 e. The predicted octanol–water partition coefficient (Wildman–Crippen LogP) is 3.80. The van der Waals surface area contributed by atoms with Gasteiger partial charge >= 0.3 is 0 Å². The SMILES string of the molecule is Cc1ccccc1C(C)NC(C(=O)NC1CC1)c1ccc(F)cc1. The topological polar surface area (TPSA) is 41.1 Å². The molecule has 0 saturated heterocycles. The molecule has 4 heteroatoms. The van der Waals surface area contributed by atoms with Crippen LogP contribution in [0.4, 0.5) is 4.39 Å². The first kappa shape index (κ1) is 16.7. The molecule has 0 bridgehead atoms.